The van der Waals surface area contributed by atoms with Gasteiger partial charge in [0.25, 0.3) is 0 Å². The van der Waals surface area contributed by atoms with Gasteiger partial charge in [-0.3, -0.25) is 0 Å². The fraction of sp³-hybridized carbons (Fsp3) is 0.500. The van der Waals surface area contributed by atoms with Crippen molar-refractivity contribution in [3.8, 4) is 0 Å². The lowest BCUT2D eigenvalue weighted by Gasteiger charge is -2.10. The number of benzene rings is 1. The highest BCUT2D eigenvalue weighted by molar-refractivity contribution is 7.89. The third kappa shape index (κ3) is 5.79. The Morgan fingerprint density at radius 3 is 2.20 bits per heavy atom. The van der Waals surface area contributed by atoms with Gasteiger partial charge in [-0.1, -0.05) is 6.92 Å². The average molecular weight is 310 g/mol. The van der Waals surface area contributed by atoms with Gasteiger partial charge in [-0.25, -0.2) is 13.1 Å². The van der Waals surface area contributed by atoms with E-state index in [4.69, 9.17) is 0 Å². The second-order valence-electron chi connectivity index (χ2n) is 4.21. The van der Waals surface area contributed by atoms with Gasteiger partial charge in [-0.05, 0) is 30.7 Å². The molecule has 20 heavy (non-hydrogen) atoms. The van der Waals surface area contributed by atoms with Crippen molar-refractivity contribution in [2.24, 2.45) is 0 Å². The predicted molar refractivity (Wildman–Crippen MR) is 71.1 cm³/mol. The van der Waals surface area contributed by atoms with Crippen LogP contribution in [0, 0.1) is 0 Å². The average Bonchev–Trinajstić information content (AvgIpc) is 2.35. The smallest absolute Gasteiger partial charge is 0.385 e. The van der Waals surface area contributed by atoms with E-state index in [0.29, 0.717) is 18.7 Å². The summed E-state index contributed by atoms with van der Waals surface area (Å²) in [6, 6.07) is 5.59. The maximum atomic E-state index is 12.0. The molecule has 0 heterocycles. The van der Waals surface area contributed by atoms with Crippen LogP contribution in [0.1, 0.15) is 19.8 Å². The van der Waals surface area contributed by atoms with E-state index in [-0.39, 0.29) is 11.4 Å². The number of hydrogen-bond donors (Lipinski definition) is 2. The first-order valence-electron chi connectivity index (χ1n) is 6.15. The van der Waals surface area contributed by atoms with Crippen LogP contribution in [0.5, 0.6) is 0 Å². The van der Waals surface area contributed by atoms with E-state index in [1.807, 2.05) is 6.92 Å². The number of sulfonamides is 1. The molecule has 0 saturated carbocycles. The Labute approximate surface area is 116 Å². The van der Waals surface area contributed by atoms with Crippen LogP contribution in [-0.4, -0.2) is 27.7 Å². The lowest BCUT2D eigenvalue weighted by Crippen LogP contribution is -2.24. The van der Waals surface area contributed by atoms with Crippen molar-refractivity contribution in [1.29, 1.82) is 0 Å². The number of rotatable bonds is 7. The molecule has 1 aromatic rings. The molecule has 0 spiro atoms. The van der Waals surface area contributed by atoms with Crippen molar-refractivity contribution in [1.82, 2.24) is 4.72 Å². The molecular weight excluding hydrogens is 293 g/mol. The van der Waals surface area contributed by atoms with Gasteiger partial charge in [0.2, 0.25) is 10.0 Å². The maximum Gasteiger partial charge on any atom is 0.390 e. The number of hydrogen-bond acceptors (Lipinski definition) is 3. The summed E-state index contributed by atoms with van der Waals surface area (Å²) in [5.74, 6) is 0. The van der Waals surface area contributed by atoms with Gasteiger partial charge < -0.3 is 5.32 Å². The number of alkyl halides is 3. The standard InChI is InChI=1S/C12H17F3N2O2S/c1-2-8-17-20(18,19)11-5-3-10(4-6-11)16-9-7-12(13,14)15/h3-6,16-17H,2,7-9H2,1H3. The Hall–Kier alpha value is -1.28. The van der Waals surface area contributed by atoms with Crippen LogP contribution in [0.15, 0.2) is 29.2 Å². The van der Waals surface area contributed by atoms with Crippen LogP contribution >= 0.6 is 0 Å². The van der Waals surface area contributed by atoms with Gasteiger partial charge in [0.15, 0.2) is 0 Å². The van der Waals surface area contributed by atoms with E-state index in [1.165, 1.54) is 24.3 Å². The normalized spacial score (nSPS) is 12.4. The molecule has 0 aromatic heterocycles. The number of halogens is 3. The van der Waals surface area contributed by atoms with Crippen LogP contribution in [0.3, 0.4) is 0 Å². The molecule has 0 atom stereocenters. The lowest BCUT2D eigenvalue weighted by atomic mass is 10.3. The maximum absolute atomic E-state index is 12.0. The second kappa shape index (κ2) is 6.94. The van der Waals surface area contributed by atoms with E-state index < -0.39 is 22.6 Å². The summed E-state index contributed by atoms with van der Waals surface area (Å²) in [6.07, 6.45) is -4.47. The molecule has 0 radical (unpaired) electrons. The van der Waals surface area contributed by atoms with Crippen LogP contribution in [0.2, 0.25) is 0 Å². The first-order valence-corrected chi connectivity index (χ1v) is 7.63. The van der Waals surface area contributed by atoms with Crippen molar-refractivity contribution in [3.05, 3.63) is 24.3 Å². The van der Waals surface area contributed by atoms with Crippen molar-refractivity contribution in [2.45, 2.75) is 30.8 Å². The molecule has 4 nitrogen and oxygen atoms in total. The molecule has 1 aromatic carbocycles. The van der Waals surface area contributed by atoms with Crippen molar-refractivity contribution < 1.29 is 21.6 Å². The van der Waals surface area contributed by atoms with E-state index >= 15 is 0 Å². The van der Waals surface area contributed by atoms with Crippen LogP contribution < -0.4 is 10.0 Å². The summed E-state index contributed by atoms with van der Waals surface area (Å²) in [7, 11) is -3.54. The minimum Gasteiger partial charge on any atom is -0.385 e. The van der Waals surface area contributed by atoms with E-state index in [1.54, 1.807) is 0 Å². The molecular formula is C12H17F3N2O2S. The van der Waals surface area contributed by atoms with E-state index in [0.717, 1.165) is 0 Å². The summed E-state index contributed by atoms with van der Waals surface area (Å²) in [5.41, 5.74) is 0.448. The topological polar surface area (TPSA) is 58.2 Å². The Kier molecular flexibility index (Phi) is 5.82. The van der Waals surface area contributed by atoms with E-state index in [2.05, 4.69) is 10.0 Å². The Balaban J connectivity index is 2.60. The summed E-state index contributed by atoms with van der Waals surface area (Å²) in [5, 5.41) is 2.59. The monoisotopic (exact) mass is 310 g/mol. The fourth-order valence-corrected chi connectivity index (χ4v) is 2.55. The molecule has 0 unspecified atom stereocenters. The fourth-order valence-electron chi connectivity index (χ4n) is 1.42. The van der Waals surface area contributed by atoms with Gasteiger partial charge in [0.05, 0.1) is 11.3 Å². The van der Waals surface area contributed by atoms with Crippen molar-refractivity contribution >= 4 is 15.7 Å². The summed E-state index contributed by atoms with van der Waals surface area (Å²) < 4.78 is 61.9. The zero-order valence-electron chi connectivity index (χ0n) is 11.0. The summed E-state index contributed by atoms with van der Waals surface area (Å²) >= 11 is 0. The number of anilines is 1. The van der Waals surface area contributed by atoms with Crippen LogP contribution in [-0.2, 0) is 10.0 Å². The largest absolute Gasteiger partial charge is 0.390 e. The Morgan fingerprint density at radius 2 is 1.70 bits per heavy atom. The first kappa shape index (κ1) is 16.8. The highest BCUT2D eigenvalue weighted by Crippen LogP contribution is 2.20. The lowest BCUT2D eigenvalue weighted by molar-refractivity contribution is -0.131. The highest BCUT2D eigenvalue weighted by Gasteiger charge is 2.26. The van der Waals surface area contributed by atoms with Gasteiger partial charge in [0.1, 0.15) is 0 Å². The van der Waals surface area contributed by atoms with E-state index in [9.17, 15) is 21.6 Å². The number of nitrogens with one attached hydrogen (secondary N) is 2. The van der Waals surface area contributed by atoms with Crippen LogP contribution in [0.25, 0.3) is 0 Å². The van der Waals surface area contributed by atoms with Gasteiger partial charge in [-0.15, -0.1) is 0 Å². The van der Waals surface area contributed by atoms with Gasteiger partial charge in [0, 0.05) is 18.8 Å². The molecule has 0 amide bonds. The van der Waals surface area contributed by atoms with Crippen molar-refractivity contribution in [2.75, 3.05) is 18.4 Å². The van der Waals surface area contributed by atoms with Crippen LogP contribution in [0.4, 0.5) is 18.9 Å². The summed E-state index contributed by atoms with van der Waals surface area (Å²) in [4.78, 5) is 0.0901. The molecule has 0 saturated heterocycles. The molecule has 0 bridgehead atoms. The second-order valence-corrected chi connectivity index (χ2v) is 5.98. The minimum absolute atomic E-state index is 0.0901. The highest BCUT2D eigenvalue weighted by atomic mass is 32.2. The van der Waals surface area contributed by atoms with Crippen molar-refractivity contribution in [3.63, 3.8) is 0 Å². The molecule has 0 fully saturated rings. The molecule has 114 valence electrons. The third-order valence-corrected chi connectivity index (χ3v) is 3.92. The zero-order chi connectivity index (χ0) is 15.2. The molecule has 0 aliphatic rings. The first-order chi connectivity index (χ1) is 9.24. The summed E-state index contributed by atoms with van der Waals surface area (Å²) in [6.45, 7) is 1.94. The predicted octanol–water partition coefficient (Wildman–Crippen LogP) is 2.74. The SMILES string of the molecule is CCCNS(=O)(=O)c1ccc(NCCC(F)(F)F)cc1. The zero-order valence-corrected chi connectivity index (χ0v) is 11.8. The Bertz CT molecular complexity index is 512. The molecule has 1 rings (SSSR count). The quantitative estimate of drug-likeness (QED) is 0.814. The third-order valence-electron chi connectivity index (χ3n) is 2.44. The molecule has 0 aliphatic heterocycles. The minimum atomic E-state index is -4.21. The Morgan fingerprint density at radius 1 is 1.10 bits per heavy atom. The van der Waals surface area contributed by atoms with Gasteiger partial charge in [-0.2, -0.15) is 13.2 Å². The van der Waals surface area contributed by atoms with Gasteiger partial charge >= 0.3 is 6.18 Å². The molecule has 8 heteroatoms. The molecule has 0 aliphatic carbocycles. The molecule has 2 N–H and O–H groups in total.